The first-order chi connectivity index (χ1) is 10.7. The second kappa shape index (κ2) is 5.67. The number of Topliss-reactive ketones (excluding diaryl/α,β-unsaturated/α-hetero) is 1. The summed E-state index contributed by atoms with van der Waals surface area (Å²) >= 11 is 0. The quantitative estimate of drug-likeness (QED) is 0.871. The van der Waals surface area contributed by atoms with Crippen molar-refractivity contribution in [2.45, 2.75) is 12.5 Å². The van der Waals surface area contributed by atoms with Gasteiger partial charge in [-0.2, -0.15) is 0 Å². The molecular weight excluding hydrogens is 287 g/mol. The van der Waals surface area contributed by atoms with Crippen molar-refractivity contribution in [3.05, 3.63) is 53.3 Å². The number of ether oxygens (including phenoxy) is 3. The lowest BCUT2D eigenvalue weighted by molar-refractivity contribution is 0.0854. The van der Waals surface area contributed by atoms with E-state index in [0.29, 0.717) is 28.4 Å². The van der Waals surface area contributed by atoms with Gasteiger partial charge in [0.15, 0.2) is 17.6 Å². The van der Waals surface area contributed by atoms with Crippen LogP contribution in [0.15, 0.2) is 36.4 Å². The molecule has 114 valence electrons. The average molecular weight is 302 g/mol. The van der Waals surface area contributed by atoms with E-state index in [1.165, 1.54) is 20.3 Å². The highest BCUT2D eigenvalue weighted by Gasteiger charge is 2.36. The fourth-order valence-electron chi connectivity index (χ4n) is 2.58. The minimum absolute atomic E-state index is 0.172. The van der Waals surface area contributed by atoms with Gasteiger partial charge in [-0.1, -0.05) is 18.2 Å². The molecule has 0 saturated carbocycles. The molecule has 5 heteroatoms. The lowest BCUT2D eigenvalue weighted by atomic mass is 10.0. The van der Waals surface area contributed by atoms with Crippen molar-refractivity contribution in [2.75, 3.05) is 14.2 Å². The molecule has 2 aromatic rings. The number of carbonyl (C=O) groups excluding carboxylic acids is 1. The van der Waals surface area contributed by atoms with Crippen LogP contribution in [0.3, 0.4) is 0 Å². The van der Waals surface area contributed by atoms with Crippen molar-refractivity contribution < 1.29 is 23.4 Å². The summed E-state index contributed by atoms with van der Waals surface area (Å²) in [5.74, 6) is 0.691. The molecular formula is C17H15FO4. The molecule has 0 N–H and O–H groups in total. The maximum absolute atomic E-state index is 13.8. The van der Waals surface area contributed by atoms with Crippen LogP contribution in [0.4, 0.5) is 4.39 Å². The molecule has 1 aliphatic rings. The maximum atomic E-state index is 13.8. The van der Waals surface area contributed by atoms with Gasteiger partial charge in [0.05, 0.1) is 19.8 Å². The van der Waals surface area contributed by atoms with E-state index in [1.54, 1.807) is 30.3 Å². The van der Waals surface area contributed by atoms with Crippen molar-refractivity contribution in [3.63, 3.8) is 0 Å². The summed E-state index contributed by atoms with van der Waals surface area (Å²) in [6.07, 6.45) is -0.584. The maximum Gasteiger partial charge on any atom is 0.207 e. The molecule has 0 bridgehead atoms. The predicted molar refractivity (Wildman–Crippen MR) is 78.4 cm³/mol. The number of halogens is 1. The fraction of sp³-hybridized carbons (Fsp3) is 0.235. The van der Waals surface area contributed by atoms with Crippen molar-refractivity contribution >= 4 is 5.78 Å². The molecule has 4 nitrogen and oxygen atoms in total. The molecule has 2 aromatic carbocycles. The van der Waals surface area contributed by atoms with Gasteiger partial charge in [0.25, 0.3) is 0 Å². The zero-order chi connectivity index (χ0) is 15.7. The number of ketones is 1. The predicted octanol–water partition coefficient (Wildman–Crippen LogP) is 3.03. The van der Waals surface area contributed by atoms with E-state index in [2.05, 4.69) is 0 Å². The van der Waals surface area contributed by atoms with Crippen molar-refractivity contribution in [1.29, 1.82) is 0 Å². The number of hydrogen-bond acceptors (Lipinski definition) is 4. The number of methoxy groups -OCH3 is 2. The minimum atomic E-state index is -0.757. The van der Waals surface area contributed by atoms with Crippen LogP contribution in [0, 0.1) is 5.82 Å². The summed E-state index contributed by atoms with van der Waals surface area (Å²) in [5, 5.41) is 0. The topological polar surface area (TPSA) is 44.8 Å². The second-order valence-electron chi connectivity index (χ2n) is 4.94. The smallest absolute Gasteiger partial charge is 0.207 e. The van der Waals surface area contributed by atoms with Crippen LogP contribution in [-0.4, -0.2) is 26.1 Å². The van der Waals surface area contributed by atoms with Crippen LogP contribution >= 0.6 is 0 Å². The minimum Gasteiger partial charge on any atom is -0.493 e. The summed E-state index contributed by atoms with van der Waals surface area (Å²) in [6, 6.07) is 9.65. The first kappa shape index (κ1) is 14.4. The van der Waals surface area contributed by atoms with Gasteiger partial charge in [-0.25, -0.2) is 4.39 Å². The van der Waals surface area contributed by atoms with Crippen LogP contribution in [-0.2, 0) is 6.42 Å². The van der Waals surface area contributed by atoms with Gasteiger partial charge in [0.2, 0.25) is 11.5 Å². The molecule has 1 atom stereocenters. The second-order valence-corrected chi connectivity index (χ2v) is 4.94. The third kappa shape index (κ3) is 2.28. The number of benzene rings is 2. The summed E-state index contributed by atoms with van der Waals surface area (Å²) in [6.45, 7) is 0. The molecule has 0 amide bonds. The molecule has 0 fully saturated rings. The average Bonchev–Trinajstić information content (AvgIpc) is 2.85. The van der Waals surface area contributed by atoms with Gasteiger partial charge in [-0.05, 0) is 23.8 Å². The molecule has 1 aliphatic heterocycles. The third-order valence-corrected chi connectivity index (χ3v) is 3.68. The fourth-order valence-corrected chi connectivity index (χ4v) is 2.58. The van der Waals surface area contributed by atoms with E-state index in [4.69, 9.17) is 14.2 Å². The van der Waals surface area contributed by atoms with Gasteiger partial charge in [0.1, 0.15) is 5.82 Å². The molecule has 0 aliphatic carbocycles. The highest BCUT2D eigenvalue weighted by Crippen LogP contribution is 2.44. The van der Waals surface area contributed by atoms with Gasteiger partial charge in [-0.3, -0.25) is 4.79 Å². The molecule has 0 aromatic heterocycles. The summed E-state index contributed by atoms with van der Waals surface area (Å²) in [5.41, 5.74) is 0.874. The zero-order valence-electron chi connectivity index (χ0n) is 12.3. The van der Waals surface area contributed by atoms with E-state index in [0.717, 1.165) is 0 Å². The van der Waals surface area contributed by atoms with Gasteiger partial charge in [0, 0.05) is 6.42 Å². The van der Waals surface area contributed by atoms with Crippen LogP contribution < -0.4 is 14.2 Å². The third-order valence-electron chi connectivity index (χ3n) is 3.68. The Kier molecular flexibility index (Phi) is 3.71. The van der Waals surface area contributed by atoms with Gasteiger partial charge in [-0.15, -0.1) is 0 Å². The Morgan fingerprint density at radius 1 is 1.14 bits per heavy atom. The van der Waals surface area contributed by atoms with Crippen LogP contribution in [0.5, 0.6) is 17.2 Å². The Hall–Kier alpha value is -2.56. The van der Waals surface area contributed by atoms with E-state index < -0.39 is 6.10 Å². The van der Waals surface area contributed by atoms with Crippen LogP contribution in [0.1, 0.15) is 15.9 Å². The van der Waals surface area contributed by atoms with Crippen molar-refractivity contribution in [2.24, 2.45) is 0 Å². The summed E-state index contributed by atoms with van der Waals surface area (Å²) in [7, 11) is 2.99. The van der Waals surface area contributed by atoms with E-state index in [1.807, 2.05) is 0 Å². The molecule has 0 saturated heterocycles. The zero-order valence-corrected chi connectivity index (χ0v) is 12.3. The monoisotopic (exact) mass is 302 g/mol. The van der Waals surface area contributed by atoms with Crippen molar-refractivity contribution in [3.8, 4) is 17.2 Å². The van der Waals surface area contributed by atoms with E-state index in [9.17, 15) is 9.18 Å². The molecule has 0 radical (unpaired) electrons. The Labute approximate surface area is 127 Å². The van der Waals surface area contributed by atoms with E-state index in [-0.39, 0.29) is 18.0 Å². The summed E-state index contributed by atoms with van der Waals surface area (Å²) < 4.78 is 29.9. The summed E-state index contributed by atoms with van der Waals surface area (Å²) in [4.78, 5) is 12.4. The van der Waals surface area contributed by atoms with E-state index >= 15 is 0 Å². The molecule has 1 unspecified atom stereocenters. The SMILES string of the molecule is COc1ccc2c(c1OC)OC(Cc1ccccc1F)C2=O. The molecule has 22 heavy (non-hydrogen) atoms. The normalized spacial score (nSPS) is 16.1. The highest BCUT2D eigenvalue weighted by atomic mass is 19.1. The molecule has 3 rings (SSSR count). The van der Waals surface area contributed by atoms with Crippen molar-refractivity contribution in [1.82, 2.24) is 0 Å². The lowest BCUT2D eigenvalue weighted by Crippen LogP contribution is -2.23. The Balaban J connectivity index is 1.93. The number of hydrogen-bond donors (Lipinski definition) is 0. The van der Waals surface area contributed by atoms with Gasteiger partial charge >= 0.3 is 0 Å². The Morgan fingerprint density at radius 3 is 2.59 bits per heavy atom. The first-order valence-electron chi connectivity index (χ1n) is 6.85. The first-order valence-corrected chi connectivity index (χ1v) is 6.85. The van der Waals surface area contributed by atoms with Crippen LogP contribution in [0.25, 0.3) is 0 Å². The number of rotatable bonds is 4. The largest absolute Gasteiger partial charge is 0.493 e. The standard InChI is InChI=1S/C17H15FO4/c1-20-13-8-7-11-15(19)14(22-16(11)17(13)21-2)9-10-5-3-4-6-12(10)18/h3-8,14H,9H2,1-2H3. The molecule has 1 heterocycles. The number of fused-ring (bicyclic) bond motifs is 1. The lowest BCUT2D eigenvalue weighted by Gasteiger charge is -2.13. The molecule has 0 spiro atoms. The Bertz CT molecular complexity index is 727. The van der Waals surface area contributed by atoms with Gasteiger partial charge < -0.3 is 14.2 Å². The van der Waals surface area contributed by atoms with Crippen LogP contribution in [0.2, 0.25) is 0 Å². The highest BCUT2D eigenvalue weighted by molar-refractivity contribution is 6.05. The Morgan fingerprint density at radius 2 is 1.91 bits per heavy atom. The number of carbonyl (C=O) groups is 1.